The summed E-state index contributed by atoms with van der Waals surface area (Å²) < 4.78 is 19.5. The van der Waals surface area contributed by atoms with Crippen LogP contribution in [0.2, 0.25) is 0 Å². The van der Waals surface area contributed by atoms with E-state index in [4.69, 9.17) is 4.74 Å². The molecule has 0 aromatic heterocycles. The van der Waals surface area contributed by atoms with Gasteiger partial charge in [-0.2, -0.15) is 0 Å². The first-order valence-electron chi connectivity index (χ1n) is 16.9. The summed E-state index contributed by atoms with van der Waals surface area (Å²) in [5.74, 6) is 6.53. The van der Waals surface area contributed by atoms with Crippen LogP contribution in [0.3, 0.4) is 0 Å². The van der Waals surface area contributed by atoms with E-state index in [2.05, 4.69) is 91.6 Å². The fraction of sp³-hybridized carbons (Fsp3) is 0.525. The molecule has 0 aliphatic heterocycles. The highest BCUT2D eigenvalue weighted by Gasteiger charge is 2.30. The zero-order valence-electron chi connectivity index (χ0n) is 28.6. The Bertz CT molecular complexity index is 1290. The number of ether oxygens (including phenoxy) is 1. The van der Waals surface area contributed by atoms with E-state index in [1.165, 1.54) is 49.7 Å². The Morgan fingerprint density at radius 3 is 1.84 bits per heavy atom. The van der Waals surface area contributed by atoms with Crippen LogP contribution >= 0.6 is 0 Å². The molecule has 1 unspecified atom stereocenters. The van der Waals surface area contributed by atoms with Gasteiger partial charge in [-0.1, -0.05) is 128 Å². The van der Waals surface area contributed by atoms with Gasteiger partial charge in [0.15, 0.2) is 0 Å². The standard InChI is InChI=1S/C33H42O2S.C4H10.C3H8/c1-6-25(7-2)26-13-15-27(16-14-26)33(3,4)28-17-19-29(20-18-28)35-30-21-23-32(24-22-30)36(5,34)31-11-9-8-10-12-31;1-3-4-2;1-3-2/h9,11-13,15,17,19,21-25H,5-8,10,14,16,18,20H2,1-4H3;3-4H2,1-2H3;3H2,1-2H3. The van der Waals surface area contributed by atoms with Crippen LogP contribution in [0.1, 0.15) is 126 Å². The number of hydrogen-bond acceptors (Lipinski definition) is 2. The van der Waals surface area contributed by atoms with Crippen molar-refractivity contribution in [3.63, 3.8) is 0 Å². The van der Waals surface area contributed by atoms with E-state index < -0.39 is 9.52 Å². The minimum Gasteiger partial charge on any atom is -0.462 e. The molecule has 0 saturated carbocycles. The normalized spacial score (nSPS) is 17.9. The first kappa shape index (κ1) is 36.7. The van der Waals surface area contributed by atoms with E-state index >= 15 is 0 Å². The summed E-state index contributed by atoms with van der Waals surface area (Å²) in [4.78, 5) is 1.57. The van der Waals surface area contributed by atoms with Gasteiger partial charge >= 0.3 is 0 Å². The molecule has 0 amide bonds. The van der Waals surface area contributed by atoms with Crippen molar-refractivity contribution < 1.29 is 8.95 Å². The van der Waals surface area contributed by atoms with Gasteiger partial charge in [0, 0.05) is 31.2 Å². The van der Waals surface area contributed by atoms with Crippen molar-refractivity contribution in [3.05, 3.63) is 94.2 Å². The van der Waals surface area contributed by atoms with Crippen LogP contribution in [-0.4, -0.2) is 10.1 Å². The zero-order chi connectivity index (χ0) is 31.9. The Hall–Kier alpha value is -2.52. The van der Waals surface area contributed by atoms with Gasteiger partial charge in [0.1, 0.15) is 11.5 Å². The van der Waals surface area contributed by atoms with Crippen molar-refractivity contribution in [1.82, 2.24) is 0 Å². The number of unbranched alkanes of at least 4 members (excludes halogenated alkanes) is 1. The average Bonchev–Trinajstić information content (AvgIpc) is 3.03. The van der Waals surface area contributed by atoms with Crippen molar-refractivity contribution in [2.45, 2.75) is 131 Å². The van der Waals surface area contributed by atoms with Crippen molar-refractivity contribution in [3.8, 4) is 5.75 Å². The highest BCUT2D eigenvalue weighted by molar-refractivity contribution is 8.04. The third-order valence-corrected chi connectivity index (χ3v) is 10.8. The molecular weight excluding hydrogens is 545 g/mol. The molecule has 4 rings (SSSR count). The van der Waals surface area contributed by atoms with Crippen molar-refractivity contribution >= 4 is 15.4 Å². The van der Waals surface area contributed by atoms with E-state index in [1.54, 1.807) is 5.57 Å². The Labute approximate surface area is 265 Å². The second-order valence-electron chi connectivity index (χ2n) is 12.4. The largest absolute Gasteiger partial charge is 0.462 e. The fourth-order valence-electron chi connectivity index (χ4n) is 5.61. The van der Waals surface area contributed by atoms with Crippen LogP contribution in [0.5, 0.6) is 5.75 Å². The molecule has 0 spiro atoms. The van der Waals surface area contributed by atoms with Crippen molar-refractivity contribution in [2.75, 3.05) is 0 Å². The van der Waals surface area contributed by atoms with Crippen LogP contribution in [-0.2, 0) is 9.52 Å². The predicted octanol–water partition coefficient (Wildman–Crippen LogP) is 12.3. The van der Waals surface area contributed by atoms with Gasteiger partial charge in [0.2, 0.25) is 0 Å². The second-order valence-corrected chi connectivity index (χ2v) is 14.7. The molecule has 3 aliphatic rings. The van der Waals surface area contributed by atoms with E-state index in [-0.39, 0.29) is 5.41 Å². The van der Waals surface area contributed by atoms with Crippen LogP contribution in [0.15, 0.2) is 99.1 Å². The first-order valence-corrected chi connectivity index (χ1v) is 18.6. The lowest BCUT2D eigenvalue weighted by atomic mass is 9.70. The Kier molecular flexibility index (Phi) is 15.6. The number of benzene rings is 1. The third kappa shape index (κ3) is 10.6. The first-order chi connectivity index (χ1) is 20.6. The quantitative estimate of drug-likeness (QED) is 0.248. The number of hydrogen-bond donors (Lipinski definition) is 0. The molecule has 0 bridgehead atoms. The lowest BCUT2D eigenvalue weighted by Crippen LogP contribution is -2.21. The molecule has 238 valence electrons. The highest BCUT2D eigenvalue weighted by Crippen LogP contribution is 2.44. The highest BCUT2D eigenvalue weighted by atomic mass is 32.2. The van der Waals surface area contributed by atoms with E-state index in [0.717, 1.165) is 59.3 Å². The summed E-state index contributed by atoms with van der Waals surface area (Å²) in [5, 5.41) is 0. The monoisotopic (exact) mass is 604 g/mol. The van der Waals surface area contributed by atoms with E-state index in [1.807, 2.05) is 36.4 Å². The summed E-state index contributed by atoms with van der Waals surface area (Å²) >= 11 is 0. The third-order valence-electron chi connectivity index (χ3n) is 8.70. The Morgan fingerprint density at radius 2 is 1.40 bits per heavy atom. The van der Waals surface area contributed by atoms with Crippen LogP contribution in [0.25, 0.3) is 0 Å². The van der Waals surface area contributed by atoms with Gasteiger partial charge < -0.3 is 4.74 Å². The summed E-state index contributed by atoms with van der Waals surface area (Å²) in [6.45, 7) is 18.0. The zero-order valence-corrected chi connectivity index (χ0v) is 29.5. The summed E-state index contributed by atoms with van der Waals surface area (Å²) in [6, 6.07) is 7.60. The van der Waals surface area contributed by atoms with Crippen molar-refractivity contribution in [2.24, 2.45) is 11.3 Å². The molecule has 1 aromatic rings. The van der Waals surface area contributed by atoms with Gasteiger partial charge in [-0.3, -0.25) is 4.21 Å². The molecule has 3 heteroatoms. The Morgan fingerprint density at radius 1 is 0.814 bits per heavy atom. The number of rotatable bonds is 10. The SMILES string of the molecule is C=S(=O)(C1=CCCC=C1)c1ccc(OC2=CC=C(C(C)(C)C3=CC=C(C(CC)CC)CC3)CC2)cc1.CCC.CCCC. The molecule has 43 heavy (non-hydrogen) atoms. The molecular formula is C40H60O2S. The van der Waals surface area contributed by atoms with Gasteiger partial charge in [-0.05, 0) is 87.1 Å². The molecule has 3 aliphatic carbocycles. The summed E-state index contributed by atoms with van der Waals surface area (Å²) in [7, 11) is -2.47. The predicted molar refractivity (Wildman–Crippen MR) is 192 cm³/mol. The van der Waals surface area contributed by atoms with Gasteiger partial charge in [0.05, 0.1) is 0 Å². The maximum absolute atomic E-state index is 13.3. The average molecular weight is 605 g/mol. The van der Waals surface area contributed by atoms with Crippen LogP contribution in [0, 0.1) is 11.3 Å². The lowest BCUT2D eigenvalue weighted by molar-refractivity contribution is 0.389. The maximum Gasteiger partial charge on any atom is 0.127 e. The van der Waals surface area contributed by atoms with Gasteiger partial charge in [-0.25, -0.2) is 0 Å². The second kappa shape index (κ2) is 18.3. The van der Waals surface area contributed by atoms with Crippen LogP contribution in [0.4, 0.5) is 0 Å². The topological polar surface area (TPSA) is 26.3 Å². The molecule has 1 atom stereocenters. The molecule has 0 heterocycles. The molecule has 0 N–H and O–H groups in total. The van der Waals surface area contributed by atoms with Gasteiger partial charge in [0.25, 0.3) is 0 Å². The lowest BCUT2D eigenvalue weighted by Gasteiger charge is -2.35. The Balaban J connectivity index is 0.000000836. The molecule has 0 radical (unpaired) electrons. The molecule has 2 nitrogen and oxygen atoms in total. The smallest absolute Gasteiger partial charge is 0.127 e. The number of allylic oxidation sites excluding steroid dienone is 11. The maximum atomic E-state index is 13.3. The summed E-state index contributed by atoms with van der Waals surface area (Å²) in [6.07, 6.45) is 27.8. The van der Waals surface area contributed by atoms with Crippen molar-refractivity contribution in [1.29, 1.82) is 0 Å². The summed E-state index contributed by atoms with van der Waals surface area (Å²) in [5.41, 5.74) is 4.70. The van der Waals surface area contributed by atoms with Gasteiger partial charge in [-0.15, -0.1) is 0 Å². The van der Waals surface area contributed by atoms with E-state index in [0.29, 0.717) is 0 Å². The minimum atomic E-state index is -2.47. The fourth-order valence-corrected chi connectivity index (χ4v) is 7.16. The molecule has 0 saturated heterocycles. The van der Waals surface area contributed by atoms with E-state index in [9.17, 15) is 4.21 Å². The molecule has 0 fully saturated rings. The van der Waals surface area contributed by atoms with Crippen LogP contribution < -0.4 is 4.74 Å². The minimum absolute atomic E-state index is 0.0657. The molecule has 1 aromatic carbocycles.